The van der Waals surface area contributed by atoms with E-state index < -0.39 is 8.56 Å². The van der Waals surface area contributed by atoms with Gasteiger partial charge < -0.3 is 24.0 Å². The van der Waals surface area contributed by atoms with E-state index in [4.69, 9.17) is 8.85 Å². The maximum absolute atomic E-state index is 5.60. The van der Waals surface area contributed by atoms with Crippen molar-refractivity contribution >= 4 is 8.56 Å². The fourth-order valence-electron chi connectivity index (χ4n) is 2.70. The lowest BCUT2D eigenvalue weighted by molar-refractivity contribution is 0.229. The molecule has 0 aliphatic heterocycles. The molecule has 0 fully saturated rings. The third-order valence-electron chi connectivity index (χ3n) is 4.78. The van der Waals surface area contributed by atoms with E-state index in [1.165, 1.54) is 38.9 Å². The van der Waals surface area contributed by atoms with E-state index in [1.54, 1.807) is 14.2 Å². The van der Waals surface area contributed by atoms with E-state index in [2.05, 4.69) is 42.6 Å². The van der Waals surface area contributed by atoms with Gasteiger partial charge in [0.2, 0.25) is 0 Å². The van der Waals surface area contributed by atoms with Crippen LogP contribution in [-0.2, 0) is 8.85 Å². The standard InChI is InChI=1S/C18H43N3O2Si/c1-7-12-19-13-9-15-21(16-10-14-20(3)8-2)17-11-18-24(6,22-4)23-5/h19H,7-18H2,1-6H3. The molecule has 0 heterocycles. The smallest absolute Gasteiger partial charge is 0.334 e. The summed E-state index contributed by atoms with van der Waals surface area (Å²) in [6, 6.07) is 1.07. The molecule has 0 aliphatic rings. The SMILES string of the molecule is CCCNCCCN(CCCN(C)CC)CCC[Si](C)(OC)OC. The van der Waals surface area contributed by atoms with E-state index >= 15 is 0 Å². The van der Waals surface area contributed by atoms with Crippen molar-refractivity contribution in [3.63, 3.8) is 0 Å². The molecule has 0 atom stereocenters. The van der Waals surface area contributed by atoms with E-state index in [9.17, 15) is 0 Å². The first-order valence-corrected chi connectivity index (χ1v) is 12.3. The third kappa shape index (κ3) is 12.4. The average Bonchev–Trinajstić information content (AvgIpc) is 2.60. The van der Waals surface area contributed by atoms with Crippen LogP contribution >= 0.6 is 0 Å². The summed E-state index contributed by atoms with van der Waals surface area (Å²) in [5, 5.41) is 3.50. The molecule has 0 spiro atoms. The zero-order valence-corrected chi connectivity index (χ0v) is 18.2. The summed E-state index contributed by atoms with van der Waals surface area (Å²) >= 11 is 0. The van der Waals surface area contributed by atoms with Crippen LogP contribution in [0.2, 0.25) is 12.6 Å². The summed E-state index contributed by atoms with van der Waals surface area (Å²) in [6.45, 7) is 14.7. The molecule has 0 saturated carbocycles. The Hall–Kier alpha value is 0.0169. The van der Waals surface area contributed by atoms with Gasteiger partial charge in [0.05, 0.1) is 0 Å². The van der Waals surface area contributed by atoms with Gasteiger partial charge in [0.25, 0.3) is 0 Å². The highest BCUT2D eigenvalue weighted by molar-refractivity contribution is 6.65. The number of hydrogen-bond donors (Lipinski definition) is 1. The first-order chi connectivity index (χ1) is 11.5. The van der Waals surface area contributed by atoms with Crippen LogP contribution in [0.3, 0.4) is 0 Å². The summed E-state index contributed by atoms with van der Waals surface area (Å²) in [7, 11) is 3.86. The number of nitrogens with zero attached hydrogens (tertiary/aromatic N) is 2. The van der Waals surface area contributed by atoms with Gasteiger partial charge in [0.15, 0.2) is 0 Å². The molecule has 0 aliphatic carbocycles. The minimum absolute atomic E-state index is 1.07. The molecule has 0 radical (unpaired) electrons. The van der Waals surface area contributed by atoms with Gasteiger partial charge in [0, 0.05) is 14.2 Å². The molecular formula is C18H43N3O2Si. The molecule has 1 N–H and O–H groups in total. The number of rotatable bonds is 17. The second kappa shape index (κ2) is 15.3. The maximum atomic E-state index is 5.60. The van der Waals surface area contributed by atoms with Crippen molar-refractivity contribution in [1.29, 1.82) is 0 Å². The second-order valence-electron chi connectivity index (χ2n) is 6.84. The van der Waals surface area contributed by atoms with Crippen molar-refractivity contribution in [1.82, 2.24) is 15.1 Å². The van der Waals surface area contributed by atoms with Crippen molar-refractivity contribution in [2.24, 2.45) is 0 Å². The fourth-order valence-corrected chi connectivity index (χ4v) is 4.07. The van der Waals surface area contributed by atoms with Gasteiger partial charge in [-0.2, -0.15) is 0 Å². The van der Waals surface area contributed by atoms with Crippen LogP contribution in [0.1, 0.15) is 39.5 Å². The zero-order valence-electron chi connectivity index (χ0n) is 17.2. The lowest BCUT2D eigenvalue weighted by Gasteiger charge is -2.27. The summed E-state index contributed by atoms with van der Waals surface area (Å²) in [5.74, 6) is 0. The largest absolute Gasteiger partial charge is 0.398 e. The Morgan fingerprint density at radius 2 is 1.50 bits per heavy atom. The van der Waals surface area contributed by atoms with Gasteiger partial charge >= 0.3 is 8.56 Å². The molecule has 0 aromatic rings. The number of nitrogens with one attached hydrogen (secondary N) is 1. The molecule has 146 valence electrons. The Labute approximate surface area is 152 Å². The van der Waals surface area contributed by atoms with Crippen molar-refractivity contribution in [2.75, 3.05) is 67.1 Å². The topological polar surface area (TPSA) is 37.0 Å². The summed E-state index contributed by atoms with van der Waals surface area (Å²) in [6.07, 6.45) is 4.85. The van der Waals surface area contributed by atoms with Gasteiger partial charge in [-0.15, -0.1) is 0 Å². The lowest BCUT2D eigenvalue weighted by atomic mass is 10.3. The summed E-state index contributed by atoms with van der Waals surface area (Å²) < 4.78 is 11.2. The highest BCUT2D eigenvalue weighted by atomic mass is 28.4. The molecule has 24 heavy (non-hydrogen) atoms. The van der Waals surface area contributed by atoms with E-state index in [-0.39, 0.29) is 0 Å². The quantitative estimate of drug-likeness (QED) is 0.318. The molecule has 0 saturated heterocycles. The molecule has 0 aromatic heterocycles. The lowest BCUT2D eigenvalue weighted by Crippen LogP contribution is -2.38. The first-order valence-electron chi connectivity index (χ1n) is 9.73. The minimum atomic E-state index is -1.92. The highest BCUT2D eigenvalue weighted by Gasteiger charge is 2.27. The second-order valence-corrected chi connectivity index (χ2v) is 10.4. The summed E-state index contributed by atoms with van der Waals surface area (Å²) in [5.41, 5.74) is 0. The van der Waals surface area contributed by atoms with Crippen molar-refractivity contribution in [3.05, 3.63) is 0 Å². The normalized spacial score (nSPS) is 12.5. The van der Waals surface area contributed by atoms with Crippen LogP contribution in [0, 0.1) is 0 Å². The predicted octanol–water partition coefficient (Wildman–Crippen LogP) is 2.77. The van der Waals surface area contributed by atoms with Crippen LogP contribution < -0.4 is 5.32 Å². The van der Waals surface area contributed by atoms with Gasteiger partial charge in [-0.3, -0.25) is 0 Å². The van der Waals surface area contributed by atoms with Crippen LogP contribution in [-0.4, -0.2) is 85.4 Å². The van der Waals surface area contributed by atoms with Crippen molar-refractivity contribution in [3.8, 4) is 0 Å². The molecule has 0 unspecified atom stereocenters. The van der Waals surface area contributed by atoms with Gasteiger partial charge in [0.1, 0.15) is 0 Å². The predicted molar refractivity (Wildman–Crippen MR) is 107 cm³/mol. The summed E-state index contributed by atoms with van der Waals surface area (Å²) in [4.78, 5) is 5.01. The van der Waals surface area contributed by atoms with Crippen LogP contribution in [0.15, 0.2) is 0 Å². The Morgan fingerprint density at radius 1 is 0.875 bits per heavy atom. The third-order valence-corrected chi connectivity index (χ3v) is 7.77. The van der Waals surface area contributed by atoms with Crippen LogP contribution in [0.25, 0.3) is 0 Å². The molecule has 5 nitrogen and oxygen atoms in total. The van der Waals surface area contributed by atoms with Gasteiger partial charge in [-0.1, -0.05) is 13.8 Å². The Bertz CT molecular complexity index is 279. The van der Waals surface area contributed by atoms with Gasteiger partial charge in [-0.05, 0) is 91.1 Å². The minimum Gasteiger partial charge on any atom is -0.398 e. The van der Waals surface area contributed by atoms with Crippen LogP contribution in [0.4, 0.5) is 0 Å². The van der Waals surface area contributed by atoms with Gasteiger partial charge in [-0.25, -0.2) is 0 Å². The zero-order chi connectivity index (χ0) is 18.3. The first kappa shape index (κ1) is 24.0. The molecular weight excluding hydrogens is 318 g/mol. The monoisotopic (exact) mass is 361 g/mol. The molecule has 0 amide bonds. The van der Waals surface area contributed by atoms with E-state index in [0.29, 0.717) is 0 Å². The Kier molecular flexibility index (Phi) is 15.3. The van der Waals surface area contributed by atoms with Crippen LogP contribution in [0.5, 0.6) is 0 Å². The molecule has 0 rings (SSSR count). The molecule has 6 heteroatoms. The van der Waals surface area contributed by atoms with Crippen molar-refractivity contribution in [2.45, 2.75) is 52.1 Å². The Balaban J connectivity index is 4.14. The molecule has 0 bridgehead atoms. The number of hydrogen-bond acceptors (Lipinski definition) is 5. The molecule has 0 aromatic carbocycles. The maximum Gasteiger partial charge on any atom is 0.334 e. The van der Waals surface area contributed by atoms with E-state index in [1.807, 2.05) is 0 Å². The van der Waals surface area contributed by atoms with E-state index in [0.717, 1.165) is 38.6 Å². The average molecular weight is 362 g/mol. The fraction of sp³-hybridized carbons (Fsp3) is 1.00. The van der Waals surface area contributed by atoms with Crippen molar-refractivity contribution < 1.29 is 8.85 Å². The highest BCUT2D eigenvalue weighted by Crippen LogP contribution is 2.14. The Morgan fingerprint density at radius 3 is 2.08 bits per heavy atom.